The first-order valence-electron chi connectivity index (χ1n) is 9.55. The number of benzene rings is 2. The van der Waals surface area contributed by atoms with Gasteiger partial charge in [0.05, 0.1) is 4.90 Å². The largest absolute Gasteiger partial charge is 0.332 e. The van der Waals surface area contributed by atoms with Crippen LogP contribution in [0.5, 0.6) is 0 Å². The SMILES string of the molecule is CCCc1ccc([C@@H]([NH2+]CC(=O)Nc2cccc(S(N)(=O)=O)c2)C(C)C)cc1. The van der Waals surface area contributed by atoms with Crippen molar-refractivity contribution in [3.8, 4) is 0 Å². The molecule has 0 radical (unpaired) electrons. The van der Waals surface area contributed by atoms with Gasteiger partial charge in [0.2, 0.25) is 10.0 Å². The molecule has 5 N–H and O–H groups in total. The van der Waals surface area contributed by atoms with Gasteiger partial charge in [-0.05, 0) is 30.2 Å². The minimum absolute atomic E-state index is 0.0264. The van der Waals surface area contributed by atoms with Crippen LogP contribution in [-0.4, -0.2) is 20.9 Å². The van der Waals surface area contributed by atoms with Crippen molar-refractivity contribution in [2.75, 3.05) is 11.9 Å². The zero-order valence-electron chi connectivity index (χ0n) is 16.7. The van der Waals surface area contributed by atoms with Gasteiger partial charge in [-0.2, -0.15) is 0 Å². The molecule has 2 aromatic carbocycles. The molecular formula is C21H30N3O3S+. The van der Waals surface area contributed by atoms with E-state index >= 15 is 0 Å². The van der Waals surface area contributed by atoms with Gasteiger partial charge in [-0.15, -0.1) is 0 Å². The number of nitrogens with one attached hydrogen (secondary N) is 1. The molecule has 0 aliphatic carbocycles. The zero-order valence-corrected chi connectivity index (χ0v) is 17.5. The van der Waals surface area contributed by atoms with Crippen LogP contribution < -0.4 is 15.8 Å². The molecule has 0 bridgehead atoms. The number of quaternary nitrogens is 1. The van der Waals surface area contributed by atoms with Gasteiger partial charge in [-0.3, -0.25) is 4.79 Å². The third kappa shape index (κ3) is 6.44. The summed E-state index contributed by atoms with van der Waals surface area (Å²) >= 11 is 0. The molecule has 0 heterocycles. The van der Waals surface area contributed by atoms with E-state index in [1.54, 1.807) is 12.1 Å². The first kappa shape index (κ1) is 22.1. The normalized spacial score (nSPS) is 12.8. The van der Waals surface area contributed by atoms with E-state index in [1.807, 2.05) is 5.32 Å². The minimum Gasteiger partial charge on any atom is -0.332 e. The Hall–Kier alpha value is -2.22. The predicted molar refractivity (Wildman–Crippen MR) is 111 cm³/mol. The lowest BCUT2D eigenvalue weighted by Crippen LogP contribution is -2.88. The summed E-state index contributed by atoms with van der Waals surface area (Å²) < 4.78 is 22.9. The third-order valence-electron chi connectivity index (χ3n) is 4.63. The topological polar surface area (TPSA) is 106 Å². The van der Waals surface area contributed by atoms with Crippen molar-refractivity contribution in [1.82, 2.24) is 0 Å². The van der Waals surface area contributed by atoms with E-state index < -0.39 is 10.0 Å². The number of carbonyl (C=O) groups excluding carboxylic acids is 1. The van der Waals surface area contributed by atoms with Crippen molar-refractivity contribution in [1.29, 1.82) is 0 Å². The Labute approximate surface area is 167 Å². The van der Waals surface area contributed by atoms with Crippen LogP contribution >= 0.6 is 0 Å². The van der Waals surface area contributed by atoms with E-state index in [1.165, 1.54) is 23.3 Å². The Kier molecular flexibility index (Phi) is 7.74. The van der Waals surface area contributed by atoms with Crippen LogP contribution in [0, 0.1) is 5.92 Å². The van der Waals surface area contributed by atoms with Crippen LogP contribution in [0.25, 0.3) is 0 Å². The van der Waals surface area contributed by atoms with E-state index in [0.717, 1.165) is 12.8 Å². The van der Waals surface area contributed by atoms with Crippen LogP contribution in [-0.2, 0) is 21.2 Å². The number of hydrogen-bond donors (Lipinski definition) is 3. The van der Waals surface area contributed by atoms with Gasteiger partial charge in [0, 0.05) is 17.2 Å². The number of rotatable bonds is 9. The second-order valence-corrected chi connectivity index (χ2v) is 8.88. The van der Waals surface area contributed by atoms with Gasteiger partial charge in [0.15, 0.2) is 6.54 Å². The van der Waals surface area contributed by atoms with Crippen molar-refractivity contribution < 1.29 is 18.5 Å². The molecule has 0 unspecified atom stereocenters. The number of hydrogen-bond acceptors (Lipinski definition) is 3. The van der Waals surface area contributed by atoms with Crippen LogP contribution in [0.3, 0.4) is 0 Å². The maximum Gasteiger partial charge on any atom is 0.279 e. The highest BCUT2D eigenvalue weighted by Gasteiger charge is 2.20. The smallest absolute Gasteiger partial charge is 0.279 e. The molecule has 1 atom stereocenters. The fraction of sp³-hybridized carbons (Fsp3) is 0.381. The average molecular weight is 405 g/mol. The van der Waals surface area contributed by atoms with Crippen LogP contribution in [0.1, 0.15) is 44.4 Å². The van der Waals surface area contributed by atoms with Crippen molar-refractivity contribution in [2.45, 2.75) is 44.6 Å². The molecule has 0 aliphatic heterocycles. The van der Waals surface area contributed by atoms with Crippen LogP contribution in [0.4, 0.5) is 5.69 Å². The van der Waals surface area contributed by atoms with Gasteiger partial charge >= 0.3 is 0 Å². The highest BCUT2D eigenvalue weighted by Crippen LogP contribution is 2.19. The Morgan fingerprint density at radius 1 is 1.14 bits per heavy atom. The Balaban J connectivity index is 2.01. The predicted octanol–water partition coefficient (Wildman–Crippen LogP) is 2.19. The van der Waals surface area contributed by atoms with Crippen molar-refractivity contribution in [3.63, 3.8) is 0 Å². The van der Waals surface area contributed by atoms with E-state index in [4.69, 9.17) is 5.14 Å². The quantitative estimate of drug-likeness (QED) is 0.596. The summed E-state index contributed by atoms with van der Waals surface area (Å²) in [5.74, 6) is 0.162. The molecule has 6 nitrogen and oxygen atoms in total. The first-order chi connectivity index (χ1) is 13.2. The fourth-order valence-corrected chi connectivity index (χ4v) is 3.74. The number of sulfonamides is 1. The lowest BCUT2D eigenvalue weighted by Gasteiger charge is -2.20. The molecule has 0 aliphatic rings. The molecule has 7 heteroatoms. The Morgan fingerprint density at radius 3 is 2.39 bits per heavy atom. The summed E-state index contributed by atoms with van der Waals surface area (Å²) in [5, 5.41) is 9.88. The lowest BCUT2D eigenvalue weighted by molar-refractivity contribution is -0.692. The van der Waals surface area contributed by atoms with Crippen LogP contribution in [0.2, 0.25) is 0 Å². The number of nitrogens with two attached hydrogens (primary N) is 2. The molecule has 0 spiro atoms. The molecular weight excluding hydrogens is 374 g/mol. The summed E-state index contributed by atoms with van der Waals surface area (Å²) in [5.41, 5.74) is 2.93. The average Bonchev–Trinajstić information content (AvgIpc) is 2.62. The maximum absolute atomic E-state index is 12.3. The summed E-state index contributed by atoms with van der Waals surface area (Å²) in [6.45, 7) is 6.66. The number of carbonyl (C=O) groups is 1. The van der Waals surface area contributed by atoms with Crippen molar-refractivity contribution in [2.24, 2.45) is 11.1 Å². The van der Waals surface area contributed by atoms with Crippen LogP contribution in [0.15, 0.2) is 53.4 Å². The van der Waals surface area contributed by atoms with Crippen molar-refractivity contribution >= 4 is 21.6 Å². The lowest BCUT2D eigenvalue weighted by atomic mass is 9.94. The molecule has 2 rings (SSSR count). The minimum atomic E-state index is -3.80. The summed E-state index contributed by atoms with van der Waals surface area (Å²) in [6, 6.07) is 14.7. The standard InChI is InChI=1S/C21H29N3O3S/c1-4-6-16-9-11-17(12-10-16)21(15(2)3)23-14-20(25)24-18-7-5-8-19(13-18)28(22,26)27/h5,7-13,15,21,23H,4,6,14H2,1-3H3,(H,24,25)(H2,22,26,27)/p+1/t21-/m0/s1. The number of amides is 1. The van der Waals surface area contributed by atoms with Gasteiger partial charge in [0.1, 0.15) is 6.04 Å². The highest BCUT2D eigenvalue weighted by molar-refractivity contribution is 7.89. The summed E-state index contributed by atoms with van der Waals surface area (Å²) in [6.07, 6.45) is 2.18. The molecule has 28 heavy (non-hydrogen) atoms. The molecule has 152 valence electrons. The number of anilines is 1. The Bertz CT molecular complexity index is 893. The molecule has 0 saturated heterocycles. The monoisotopic (exact) mass is 404 g/mol. The van der Waals surface area contributed by atoms with Gasteiger partial charge in [0.25, 0.3) is 5.91 Å². The highest BCUT2D eigenvalue weighted by atomic mass is 32.2. The first-order valence-corrected chi connectivity index (χ1v) is 11.1. The molecule has 1 amide bonds. The second kappa shape index (κ2) is 9.82. The molecule has 0 aromatic heterocycles. The van der Waals surface area contributed by atoms with Gasteiger partial charge in [-0.25, -0.2) is 13.6 Å². The van der Waals surface area contributed by atoms with E-state index in [9.17, 15) is 13.2 Å². The molecule has 0 fully saturated rings. The van der Waals surface area contributed by atoms with E-state index in [0.29, 0.717) is 11.6 Å². The Morgan fingerprint density at radius 2 is 1.82 bits per heavy atom. The number of primary sulfonamides is 1. The second-order valence-electron chi connectivity index (χ2n) is 7.32. The third-order valence-corrected chi connectivity index (χ3v) is 5.54. The fourth-order valence-electron chi connectivity index (χ4n) is 3.19. The maximum atomic E-state index is 12.3. The van der Waals surface area contributed by atoms with Gasteiger partial charge in [-0.1, -0.05) is 57.5 Å². The zero-order chi connectivity index (χ0) is 20.7. The molecule has 2 aromatic rings. The summed E-state index contributed by atoms with van der Waals surface area (Å²) in [4.78, 5) is 12.3. The van der Waals surface area contributed by atoms with E-state index in [2.05, 4.69) is 50.4 Å². The summed E-state index contributed by atoms with van der Waals surface area (Å²) in [7, 11) is -3.80. The number of aryl methyl sites for hydroxylation is 1. The van der Waals surface area contributed by atoms with E-state index in [-0.39, 0.29) is 23.4 Å². The molecule has 0 saturated carbocycles. The van der Waals surface area contributed by atoms with Gasteiger partial charge < -0.3 is 10.6 Å². The van der Waals surface area contributed by atoms with Crippen molar-refractivity contribution in [3.05, 3.63) is 59.7 Å².